The van der Waals surface area contributed by atoms with Crippen molar-refractivity contribution in [2.75, 3.05) is 40.3 Å². The maximum absolute atomic E-state index is 4.46. The molecule has 0 atom stereocenters. The number of hydrogen-bond acceptors (Lipinski definition) is 2. The highest BCUT2D eigenvalue weighted by Crippen LogP contribution is 2.40. The van der Waals surface area contributed by atoms with Crippen molar-refractivity contribution in [3.8, 4) is 0 Å². The summed E-state index contributed by atoms with van der Waals surface area (Å²) in [5.74, 6) is 1.73. The van der Waals surface area contributed by atoms with E-state index in [9.17, 15) is 0 Å². The zero-order valence-corrected chi connectivity index (χ0v) is 15.9. The minimum absolute atomic E-state index is 0.270. The first-order chi connectivity index (χ1) is 12.2. The third-order valence-electron chi connectivity index (χ3n) is 6.16. The smallest absolute Gasteiger partial charge is 0.191 e. The predicted octanol–water partition coefficient (Wildman–Crippen LogP) is 3.01. The maximum Gasteiger partial charge on any atom is 0.191 e. The minimum atomic E-state index is 0.270. The van der Waals surface area contributed by atoms with E-state index in [4.69, 9.17) is 0 Å². The molecule has 3 rings (SSSR count). The van der Waals surface area contributed by atoms with Gasteiger partial charge in [0, 0.05) is 25.6 Å². The second-order valence-electron chi connectivity index (χ2n) is 7.91. The van der Waals surface area contributed by atoms with Crippen LogP contribution in [0.5, 0.6) is 0 Å². The molecule has 0 radical (unpaired) electrons. The number of aliphatic imine (C=N–C) groups is 1. The molecular weight excluding hydrogens is 308 g/mol. The van der Waals surface area contributed by atoms with Crippen LogP contribution in [0.2, 0.25) is 0 Å². The molecule has 2 aliphatic rings. The van der Waals surface area contributed by atoms with E-state index in [-0.39, 0.29) is 5.41 Å². The second-order valence-corrected chi connectivity index (χ2v) is 7.91. The summed E-state index contributed by atoms with van der Waals surface area (Å²) in [5.41, 5.74) is 1.75. The third-order valence-corrected chi connectivity index (χ3v) is 6.16. The Hall–Kier alpha value is -1.55. The molecule has 4 nitrogen and oxygen atoms in total. The van der Waals surface area contributed by atoms with Crippen LogP contribution < -0.4 is 10.6 Å². The molecular formula is C21H34N4. The van der Waals surface area contributed by atoms with Gasteiger partial charge >= 0.3 is 0 Å². The number of hydrogen-bond donors (Lipinski definition) is 2. The Labute approximate surface area is 153 Å². The largest absolute Gasteiger partial charge is 0.356 e. The molecule has 25 heavy (non-hydrogen) atoms. The first-order valence-corrected chi connectivity index (χ1v) is 9.90. The lowest BCUT2D eigenvalue weighted by Gasteiger charge is -2.32. The predicted molar refractivity (Wildman–Crippen MR) is 106 cm³/mol. The van der Waals surface area contributed by atoms with E-state index >= 15 is 0 Å². The molecule has 2 fully saturated rings. The van der Waals surface area contributed by atoms with Gasteiger partial charge in [-0.25, -0.2) is 0 Å². The van der Waals surface area contributed by atoms with Crippen LogP contribution in [-0.4, -0.2) is 51.1 Å². The highest BCUT2D eigenvalue weighted by Gasteiger charge is 2.35. The molecule has 1 saturated carbocycles. The molecule has 2 N–H and O–H groups in total. The van der Waals surface area contributed by atoms with Crippen molar-refractivity contribution in [2.45, 2.75) is 43.9 Å². The molecule has 0 amide bonds. The highest BCUT2D eigenvalue weighted by molar-refractivity contribution is 5.79. The van der Waals surface area contributed by atoms with Crippen LogP contribution in [0, 0.1) is 5.92 Å². The summed E-state index contributed by atoms with van der Waals surface area (Å²) in [6, 6.07) is 11.0. The quantitative estimate of drug-likeness (QED) is 0.638. The van der Waals surface area contributed by atoms with Gasteiger partial charge in [-0.3, -0.25) is 4.99 Å². The number of guanidine groups is 1. The van der Waals surface area contributed by atoms with E-state index in [1.54, 1.807) is 0 Å². The fourth-order valence-corrected chi connectivity index (χ4v) is 4.39. The Morgan fingerprint density at radius 2 is 1.80 bits per heavy atom. The molecule has 0 unspecified atom stereocenters. The lowest BCUT2D eigenvalue weighted by atomic mass is 9.79. The zero-order valence-electron chi connectivity index (χ0n) is 15.9. The number of piperidine rings is 1. The molecule has 138 valence electrons. The summed E-state index contributed by atoms with van der Waals surface area (Å²) in [6.45, 7) is 4.45. The van der Waals surface area contributed by atoms with E-state index in [0.717, 1.165) is 25.0 Å². The fourth-order valence-electron chi connectivity index (χ4n) is 4.39. The Morgan fingerprint density at radius 1 is 1.12 bits per heavy atom. The maximum atomic E-state index is 4.46. The number of likely N-dealkylation sites (tertiary alicyclic amines) is 1. The topological polar surface area (TPSA) is 39.7 Å². The van der Waals surface area contributed by atoms with Crippen LogP contribution in [0.3, 0.4) is 0 Å². The van der Waals surface area contributed by atoms with E-state index in [1.807, 2.05) is 7.05 Å². The van der Waals surface area contributed by atoms with Gasteiger partial charge in [0.2, 0.25) is 0 Å². The first kappa shape index (κ1) is 18.2. The lowest BCUT2D eigenvalue weighted by molar-refractivity contribution is 0.220. The molecule has 1 heterocycles. The number of rotatable bonds is 5. The molecule has 0 bridgehead atoms. The van der Waals surface area contributed by atoms with Gasteiger partial charge in [0.15, 0.2) is 5.96 Å². The molecule has 0 spiro atoms. The second kappa shape index (κ2) is 8.70. The van der Waals surface area contributed by atoms with Gasteiger partial charge in [0.25, 0.3) is 0 Å². The SMILES string of the molecule is CN=C(NCC1CCN(C)CC1)NCC1(c2ccccc2)CCCC1. The monoisotopic (exact) mass is 342 g/mol. The molecule has 0 aromatic heterocycles. The summed E-state index contributed by atoms with van der Waals surface area (Å²) in [7, 11) is 4.10. The van der Waals surface area contributed by atoms with Gasteiger partial charge in [-0.1, -0.05) is 43.2 Å². The summed E-state index contributed by atoms with van der Waals surface area (Å²) in [4.78, 5) is 6.88. The Balaban J connectivity index is 1.53. The average molecular weight is 343 g/mol. The molecule has 1 aliphatic carbocycles. The normalized spacial score (nSPS) is 22.1. The van der Waals surface area contributed by atoms with E-state index in [2.05, 4.69) is 57.9 Å². The third kappa shape index (κ3) is 4.75. The summed E-state index contributed by atoms with van der Waals surface area (Å²) in [6.07, 6.45) is 7.78. The minimum Gasteiger partial charge on any atom is -0.356 e. The molecule has 1 aromatic carbocycles. The van der Waals surface area contributed by atoms with Crippen LogP contribution in [0.1, 0.15) is 44.1 Å². The van der Waals surface area contributed by atoms with E-state index in [0.29, 0.717) is 0 Å². The van der Waals surface area contributed by atoms with Gasteiger partial charge in [0.1, 0.15) is 0 Å². The Bertz CT molecular complexity index is 540. The van der Waals surface area contributed by atoms with E-state index < -0.39 is 0 Å². The number of nitrogens with zero attached hydrogens (tertiary/aromatic N) is 2. The van der Waals surface area contributed by atoms with Crippen LogP contribution in [0.4, 0.5) is 0 Å². The highest BCUT2D eigenvalue weighted by atomic mass is 15.2. The lowest BCUT2D eigenvalue weighted by Crippen LogP contribution is -2.46. The number of benzene rings is 1. The van der Waals surface area contributed by atoms with Crippen molar-refractivity contribution in [1.29, 1.82) is 0 Å². The van der Waals surface area contributed by atoms with Crippen molar-refractivity contribution >= 4 is 5.96 Å². The fraction of sp³-hybridized carbons (Fsp3) is 0.667. The summed E-state index contributed by atoms with van der Waals surface area (Å²) >= 11 is 0. The van der Waals surface area contributed by atoms with Crippen molar-refractivity contribution in [3.05, 3.63) is 35.9 Å². The molecule has 1 aromatic rings. The van der Waals surface area contributed by atoms with Gasteiger partial charge in [0.05, 0.1) is 0 Å². The van der Waals surface area contributed by atoms with Crippen molar-refractivity contribution in [1.82, 2.24) is 15.5 Å². The number of nitrogens with one attached hydrogen (secondary N) is 2. The van der Waals surface area contributed by atoms with Crippen molar-refractivity contribution < 1.29 is 0 Å². The molecule has 1 aliphatic heterocycles. The first-order valence-electron chi connectivity index (χ1n) is 9.90. The molecule has 4 heteroatoms. The Kier molecular flexibility index (Phi) is 6.35. The van der Waals surface area contributed by atoms with Gasteiger partial charge in [-0.15, -0.1) is 0 Å². The standard InChI is InChI=1S/C21H34N4/c1-22-20(23-16-18-10-14-25(2)15-11-18)24-17-21(12-6-7-13-21)19-8-4-3-5-9-19/h3-5,8-9,18H,6-7,10-17H2,1-2H3,(H2,22,23,24). The van der Waals surface area contributed by atoms with Crippen LogP contribution in [-0.2, 0) is 5.41 Å². The van der Waals surface area contributed by atoms with Crippen molar-refractivity contribution in [3.63, 3.8) is 0 Å². The molecule has 1 saturated heterocycles. The Morgan fingerprint density at radius 3 is 2.44 bits per heavy atom. The van der Waals surface area contributed by atoms with Crippen LogP contribution >= 0.6 is 0 Å². The zero-order chi connectivity index (χ0) is 17.5. The summed E-state index contributed by atoms with van der Waals surface area (Å²) < 4.78 is 0. The van der Waals surface area contributed by atoms with Crippen LogP contribution in [0.15, 0.2) is 35.3 Å². The van der Waals surface area contributed by atoms with Gasteiger partial charge < -0.3 is 15.5 Å². The summed E-state index contributed by atoms with van der Waals surface area (Å²) in [5, 5.41) is 7.19. The van der Waals surface area contributed by atoms with Crippen LogP contribution in [0.25, 0.3) is 0 Å². The van der Waals surface area contributed by atoms with E-state index in [1.165, 1.54) is 57.2 Å². The van der Waals surface area contributed by atoms with Gasteiger partial charge in [-0.2, -0.15) is 0 Å². The average Bonchev–Trinajstić information content (AvgIpc) is 3.14. The van der Waals surface area contributed by atoms with Gasteiger partial charge in [-0.05, 0) is 57.3 Å². The van der Waals surface area contributed by atoms with Crippen molar-refractivity contribution in [2.24, 2.45) is 10.9 Å².